The van der Waals surface area contributed by atoms with E-state index in [-0.39, 0.29) is 0 Å². The lowest BCUT2D eigenvalue weighted by atomic mass is 10.4. The van der Waals surface area contributed by atoms with Gasteiger partial charge < -0.3 is 5.73 Å². The SMILES string of the molecule is CCN(CC(N)=S)Cc1ncccn1. The summed E-state index contributed by atoms with van der Waals surface area (Å²) in [6, 6.07) is 1.80. The molecule has 1 aromatic heterocycles. The molecule has 0 aromatic carbocycles. The molecule has 0 saturated heterocycles. The molecule has 0 bridgehead atoms. The van der Waals surface area contributed by atoms with Gasteiger partial charge >= 0.3 is 0 Å². The standard InChI is InChI=1S/C9H14N4S/c1-2-13(6-8(10)14)7-9-11-4-3-5-12-9/h3-5H,2,6-7H2,1H3,(H2,10,14). The molecule has 0 aliphatic heterocycles. The van der Waals surface area contributed by atoms with E-state index in [1.165, 1.54) is 0 Å². The largest absolute Gasteiger partial charge is 0.392 e. The quantitative estimate of drug-likeness (QED) is 0.721. The molecule has 0 fully saturated rings. The second kappa shape index (κ2) is 5.62. The maximum atomic E-state index is 5.47. The maximum absolute atomic E-state index is 5.47. The van der Waals surface area contributed by atoms with Crippen molar-refractivity contribution < 1.29 is 0 Å². The molecule has 14 heavy (non-hydrogen) atoms. The molecule has 0 unspecified atom stereocenters. The van der Waals surface area contributed by atoms with E-state index in [4.69, 9.17) is 18.0 Å². The fraction of sp³-hybridized carbons (Fsp3) is 0.444. The van der Waals surface area contributed by atoms with Gasteiger partial charge in [-0.25, -0.2) is 9.97 Å². The van der Waals surface area contributed by atoms with Gasteiger partial charge in [-0.2, -0.15) is 0 Å². The van der Waals surface area contributed by atoms with Crippen LogP contribution in [0.2, 0.25) is 0 Å². The predicted octanol–water partition coefficient (Wildman–Crippen LogP) is 0.585. The summed E-state index contributed by atoms with van der Waals surface area (Å²) in [6.45, 7) is 4.25. The third kappa shape index (κ3) is 3.76. The van der Waals surface area contributed by atoms with Gasteiger partial charge in [-0.15, -0.1) is 0 Å². The first-order chi connectivity index (χ1) is 6.72. The van der Waals surface area contributed by atoms with Crippen LogP contribution in [0.5, 0.6) is 0 Å². The summed E-state index contributed by atoms with van der Waals surface area (Å²) < 4.78 is 0. The van der Waals surface area contributed by atoms with E-state index in [1.54, 1.807) is 18.5 Å². The van der Waals surface area contributed by atoms with Crippen LogP contribution >= 0.6 is 12.2 Å². The summed E-state index contributed by atoms with van der Waals surface area (Å²) >= 11 is 4.85. The van der Waals surface area contributed by atoms with Crippen molar-refractivity contribution in [2.24, 2.45) is 5.73 Å². The molecular weight excluding hydrogens is 196 g/mol. The first-order valence-corrected chi connectivity index (χ1v) is 4.89. The van der Waals surface area contributed by atoms with Gasteiger partial charge in [-0.1, -0.05) is 19.1 Å². The van der Waals surface area contributed by atoms with Crippen molar-refractivity contribution in [2.75, 3.05) is 13.1 Å². The van der Waals surface area contributed by atoms with Gasteiger partial charge in [0.15, 0.2) is 0 Å². The van der Waals surface area contributed by atoms with Crippen LogP contribution in [-0.4, -0.2) is 32.9 Å². The van der Waals surface area contributed by atoms with Gasteiger partial charge in [0.2, 0.25) is 0 Å². The number of nitrogens with two attached hydrogens (primary N) is 1. The lowest BCUT2D eigenvalue weighted by molar-refractivity contribution is 0.312. The zero-order valence-electron chi connectivity index (χ0n) is 8.18. The molecule has 76 valence electrons. The summed E-state index contributed by atoms with van der Waals surface area (Å²) in [5.41, 5.74) is 5.47. The maximum Gasteiger partial charge on any atom is 0.142 e. The van der Waals surface area contributed by atoms with Crippen molar-refractivity contribution in [1.29, 1.82) is 0 Å². The summed E-state index contributed by atoms with van der Waals surface area (Å²) in [7, 11) is 0. The van der Waals surface area contributed by atoms with Gasteiger partial charge in [-0.3, -0.25) is 4.90 Å². The Balaban J connectivity index is 2.53. The average molecular weight is 210 g/mol. The van der Waals surface area contributed by atoms with Crippen molar-refractivity contribution in [3.63, 3.8) is 0 Å². The van der Waals surface area contributed by atoms with Crippen LogP contribution in [0.1, 0.15) is 12.7 Å². The molecule has 0 radical (unpaired) electrons. The van der Waals surface area contributed by atoms with Crippen LogP contribution in [0.15, 0.2) is 18.5 Å². The highest BCUT2D eigenvalue weighted by Gasteiger charge is 2.05. The van der Waals surface area contributed by atoms with Crippen molar-refractivity contribution in [3.8, 4) is 0 Å². The Kier molecular flexibility index (Phi) is 4.42. The van der Waals surface area contributed by atoms with E-state index >= 15 is 0 Å². The van der Waals surface area contributed by atoms with E-state index in [1.807, 2.05) is 0 Å². The van der Waals surface area contributed by atoms with Gasteiger partial charge in [0.1, 0.15) is 5.82 Å². The minimum absolute atomic E-state index is 0.503. The van der Waals surface area contributed by atoms with Crippen LogP contribution in [-0.2, 0) is 6.54 Å². The third-order valence-electron chi connectivity index (χ3n) is 1.81. The number of hydrogen-bond donors (Lipinski definition) is 1. The molecule has 1 heterocycles. The predicted molar refractivity (Wildman–Crippen MR) is 59.8 cm³/mol. The van der Waals surface area contributed by atoms with E-state index in [9.17, 15) is 0 Å². The number of nitrogens with zero attached hydrogens (tertiary/aromatic N) is 3. The molecule has 1 aromatic rings. The van der Waals surface area contributed by atoms with Gasteiger partial charge in [-0.05, 0) is 12.6 Å². The van der Waals surface area contributed by atoms with Crippen LogP contribution in [0, 0.1) is 0 Å². The summed E-state index contributed by atoms with van der Waals surface area (Å²) in [6.07, 6.45) is 3.47. The molecule has 4 nitrogen and oxygen atoms in total. The first-order valence-electron chi connectivity index (χ1n) is 4.49. The van der Waals surface area contributed by atoms with Crippen LogP contribution in [0.3, 0.4) is 0 Å². The second-order valence-corrected chi connectivity index (χ2v) is 3.46. The van der Waals surface area contributed by atoms with Crippen molar-refractivity contribution in [3.05, 3.63) is 24.3 Å². The lowest BCUT2D eigenvalue weighted by Crippen LogP contribution is -2.32. The zero-order valence-corrected chi connectivity index (χ0v) is 9.00. The molecule has 0 aliphatic carbocycles. The monoisotopic (exact) mass is 210 g/mol. The number of aromatic nitrogens is 2. The van der Waals surface area contributed by atoms with Crippen molar-refractivity contribution >= 4 is 17.2 Å². The molecule has 0 amide bonds. The van der Waals surface area contributed by atoms with Crippen LogP contribution < -0.4 is 5.73 Å². The highest BCUT2D eigenvalue weighted by Crippen LogP contribution is 1.96. The zero-order chi connectivity index (χ0) is 10.4. The Morgan fingerprint density at radius 1 is 1.50 bits per heavy atom. The molecule has 0 atom stereocenters. The molecule has 2 N–H and O–H groups in total. The van der Waals surface area contributed by atoms with Crippen LogP contribution in [0.25, 0.3) is 0 Å². The summed E-state index contributed by atoms with van der Waals surface area (Å²) in [5, 5.41) is 0. The highest BCUT2D eigenvalue weighted by molar-refractivity contribution is 7.80. The Labute approximate surface area is 89.2 Å². The Morgan fingerprint density at radius 3 is 2.64 bits per heavy atom. The summed E-state index contributed by atoms with van der Waals surface area (Å²) in [5.74, 6) is 0.797. The fourth-order valence-electron chi connectivity index (χ4n) is 1.11. The highest BCUT2D eigenvalue weighted by atomic mass is 32.1. The van der Waals surface area contributed by atoms with E-state index in [0.29, 0.717) is 18.1 Å². The molecular formula is C9H14N4S. The smallest absolute Gasteiger partial charge is 0.142 e. The van der Waals surface area contributed by atoms with E-state index in [2.05, 4.69) is 21.8 Å². The van der Waals surface area contributed by atoms with Gasteiger partial charge in [0.25, 0.3) is 0 Å². The Hall–Kier alpha value is -1.07. The topological polar surface area (TPSA) is 55.0 Å². The number of rotatable bonds is 5. The molecule has 0 spiro atoms. The number of hydrogen-bond acceptors (Lipinski definition) is 4. The molecule has 0 saturated carbocycles. The summed E-state index contributed by atoms with van der Waals surface area (Å²) in [4.78, 5) is 10.9. The normalized spacial score (nSPS) is 10.4. The Morgan fingerprint density at radius 2 is 2.14 bits per heavy atom. The lowest BCUT2D eigenvalue weighted by Gasteiger charge is -2.17. The molecule has 5 heteroatoms. The molecule has 1 rings (SSSR count). The minimum Gasteiger partial charge on any atom is -0.392 e. The van der Waals surface area contributed by atoms with E-state index < -0.39 is 0 Å². The number of likely N-dealkylation sites (N-methyl/N-ethyl adjacent to an activating group) is 1. The van der Waals surface area contributed by atoms with Crippen LogP contribution in [0.4, 0.5) is 0 Å². The van der Waals surface area contributed by atoms with Gasteiger partial charge in [0, 0.05) is 18.9 Å². The molecule has 0 aliphatic rings. The van der Waals surface area contributed by atoms with Crippen molar-refractivity contribution in [1.82, 2.24) is 14.9 Å². The van der Waals surface area contributed by atoms with Crippen molar-refractivity contribution in [2.45, 2.75) is 13.5 Å². The third-order valence-corrected chi connectivity index (χ3v) is 1.94. The van der Waals surface area contributed by atoms with E-state index in [0.717, 1.165) is 12.4 Å². The number of thiocarbonyl (C=S) groups is 1. The minimum atomic E-state index is 0.503. The Bertz CT molecular complexity index is 288. The average Bonchev–Trinajstić information content (AvgIpc) is 2.17. The fourth-order valence-corrected chi connectivity index (χ4v) is 1.29. The van der Waals surface area contributed by atoms with Gasteiger partial charge in [0.05, 0.1) is 11.5 Å². The first kappa shape index (κ1) is 11.0. The second-order valence-electron chi connectivity index (χ2n) is 2.93.